The van der Waals surface area contributed by atoms with Gasteiger partial charge in [-0.2, -0.15) is 0 Å². The monoisotopic (exact) mass is 382 g/mol. The van der Waals surface area contributed by atoms with E-state index in [1.807, 2.05) is 18.2 Å². The van der Waals surface area contributed by atoms with Crippen LogP contribution < -0.4 is 10.1 Å². The molecule has 0 bridgehead atoms. The quantitative estimate of drug-likeness (QED) is 0.839. The number of hydrogen-bond acceptors (Lipinski definition) is 4. The first-order valence-electron chi connectivity index (χ1n) is 9.17. The summed E-state index contributed by atoms with van der Waals surface area (Å²) >= 11 is 6.25. The van der Waals surface area contributed by atoms with Crippen LogP contribution in [0.15, 0.2) is 18.2 Å². The van der Waals surface area contributed by atoms with E-state index in [2.05, 4.69) is 5.32 Å². The van der Waals surface area contributed by atoms with Gasteiger partial charge < -0.3 is 24.8 Å². The fourth-order valence-electron chi connectivity index (χ4n) is 3.89. The second-order valence-corrected chi connectivity index (χ2v) is 7.57. The summed E-state index contributed by atoms with van der Waals surface area (Å²) in [4.78, 5) is 14.3. The van der Waals surface area contributed by atoms with Crippen molar-refractivity contribution in [3.8, 4) is 5.75 Å². The van der Waals surface area contributed by atoms with Crippen LogP contribution in [0.25, 0.3) is 0 Å². The van der Waals surface area contributed by atoms with Gasteiger partial charge in [0.15, 0.2) is 0 Å². The van der Waals surface area contributed by atoms with E-state index in [4.69, 9.17) is 21.1 Å². The zero-order chi connectivity index (χ0) is 18.6. The smallest absolute Gasteiger partial charge is 0.317 e. The SMILES string of the molecule is COc1ccc(Cl)cc1C1(CNC(=O)N2CCC[C@H](O)C2)CCOCC1. The molecular formula is C19H27ClN2O4. The number of carbonyl (C=O) groups is 1. The zero-order valence-electron chi connectivity index (χ0n) is 15.2. The van der Waals surface area contributed by atoms with E-state index in [0.717, 1.165) is 37.0 Å². The Morgan fingerprint density at radius 1 is 1.46 bits per heavy atom. The van der Waals surface area contributed by atoms with E-state index in [1.54, 1.807) is 12.0 Å². The third-order valence-corrected chi connectivity index (χ3v) is 5.68. The number of nitrogens with zero attached hydrogens (tertiary/aromatic N) is 1. The van der Waals surface area contributed by atoms with Crippen LogP contribution in [0.3, 0.4) is 0 Å². The summed E-state index contributed by atoms with van der Waals surface area (Å²) < 4.78 is 11.1. The largest absolute Gasteiger partial charge is 0.496 e. The zero-order valence-corrected chi connectivity index (χ0v) is 15.9. The number of hydrogen-bond donors (Lipinski definition) is 2. The van der Waals surface area contributed by atoms with Crippen LogP contribution >= 0.6 is 11.6 Å². The number of halogens is 1. The lowest BCUT2D eigenvalue weighted by Gasteiger charge is -2.39. The summed E-state index contributed by atoms with van der Waals surface area (Å²) in [5.74, 6) is 0.777. The van der Waals surface area contributed by atoms with Crippen molar-refractivity contribution in [2.75, 3.05) is 40.0 Å². The topological polar surface area (TPSA) is 71.0 Å². The molecule has 2 amide bonds. The van der Waals surface area contributed by atoms with Crippen molar-refractivity contribution >= 4 is 17.6 Å². The van der Waals surface area contributed by atoms with E-state index in [-0.39, 0.29) is 11.4 Å². The first-order valence-corrected chi connectivity index (χ1v) is 9.54. The minimum absolute atomic E-state index is 0.129. The molecule has 6 nitrogen and oxygen atoms in total. The van der Waals surface area contributed by atoms with Crippen LogP contribution in [0.1, 0.15) is 31.2 Å². The second kappa shape index (κ2) is 8.46. The number of β-amino-alcohol motifs (C(OH)–C–C–N with tert-alkyl or cyclic N) is 1. The van der Waals surface area contributed by atoms with Crippen LogP contribution in [0, 0.1) is 0 Å². The van der Waals surface area contributed by atoms with E-state index >= 15 is 0 Å². The van der Waals surface area contributed by atoms with Gasteiger partial charge in [0.2, 0.25) is 0 Å². The predicted octanol–water partition coefficient (Wildman–Crippen LogP) is 2.56. The predicted molar refractivity (Wildman–Crippen MR) is 99.9 cm³/mol. The maximum atomic E-state index is 12.6. The number of methoxy groups -OCH3 is 1. The highest BCUT2D eigenvalue weighted by Crippen LogP contribution is 2.40. The standard InChI is InChI=1S/C19H27ClN2O4/c1-25-17-5-4-14(20)11-16(17)19(6-9-26-10-7-19)13-21-18(24)22-8-2-3-15(23)12-22/h4-5,11,15,23H,2-3,6-10,12-13H2,1H3,(H,21,24)/t15-/m0/s1. The Morgan fingerprint density at radius 2 is 2.23 bits per heavy atom. The molecule has 0 spiro atoms. The normalized spacial score (nSPS) is 22.7. The number of benzene rings is 1. The number of rotatable bonds is 4. The highest BCUT2D eigenvalue weighted by Gasteiger charge is 2.38. The number of urea groups is 1. The first-order chi connectivity index (χ1) is 12.5. The molecule has 7 heteroatoms. The highest BCUT2D eigenvalue weighted by molar-refractivity contribution is 6.30. The van der Waals surface area contributed by atoms with Gasteiger partial charge in [-0.1, -0.05) is 11.6 Å². The molecule has 26 heavy (non-hydrogen) atoms. The van der Waals surface area contributed by atoms with Gasteiger partial charge in [0.1, 0.15) is 5.75 Å². The Hall–Kier alpha value is -1.50. The maximum Gasteiger partial charge on any atom is 0.317 e. The van der Waals surface area contributed by atoms with Gasteiger partial charge in [0.05, 0.1) is 13.2 Å². The van der Waals surface area contributed by atoms with Gasteiger partial charge >= 0.3 is 6.03 Å². The summed E-state index contributed by atoms with van der Waals surface area (Å²) in [6, 6.07) is 5.49. The van der Waals surface area contributed by atoms with Crippen molar-refractivity contribution in [1.29, 1.82) is 0 Å². The lowest BCUT2D eigenvalue weighted by Crippen LogP contribution is -2.51. The summed E-state index contributed by atoms with van der Waals surface area (Å²) in [6.45, 7) is 2.82. The molecule has 3 rings (SSSR count). The summed E-state index contributed by atoms with van der Waals surface area (Å²) in [7, 11) is 1.65. The molecule has 2 fully saturated rings. The van der Waals surface area contributed by atoms with Crippen LogP contribution in [0.2, 0.25) is 5.02 Å². The molecule has 0 aliphatic carbocycles. The lowest BCUT2D eigenvalue weighted by molar-refractivity contribution is 0.0479. The molecule has 0 radical (unpaired) electrons. The molecule has 2 aliphatic rings. The van der Waals surface area contributed by atoms with Crippen molar-refractivity contribution in [3.63, 3.8) is 0 Å². The van der Waals surface area contributed by atoms with Crippen LogP contribution in [-0.2, 0) is 10.2 Å². The van der Waals surface area contributed by atoms with Gasteiger partial charge in [-0.15, -0.1) is 0 Å². The molecule has 1 aromatic rings. The Kier molecular flexibility index (Phi) is 6.27. The average molecular weight is 383 g/mol. The number of amides is 2. The minimum Gasteiger partial charge on any atom is -0.496 e. The molecule has 0 unspecified atom stereocenters. The average Bonchev–Trinajstić information content (AvgIpc) is 2.67. The molecule has 0 saturated carbocycles. The van der Waals surface area contributed by atoms with E-state index in [1.165, 1.54) is 0 Å². The molecule has 2 heterocycles. The highest BCUT2D eigenvalue weighted by atomic mass is 35.5. The molecule has 1 atom stereocenters. The third-order valence-electron chi connectivity index (χ3n) is 5.44. The van der Waals surface area contributed by atoms with Crippen LogP contribution in [0.5, 0.6) is 5.75 Å². The number of aliphatic hydroxyl groups excluding tert-OH is 1. The number of piperidine rings is 1. The molecule has 0 aromatic heterocycles. The van der Waals surface area contributed by atoms with Gasteiger partial charge in [0, 0.05) is 48.8 Å². The number of nitrogens with one attached hydrogen (secondary N) is 1. The summed E-state index contributed by atoms with van der Waals surface area (Å²) in [5, 5.41) is 13.5. The molecule has 144 valence electrons. The minimum atomic E-state index is -0.431. The van der Waals surface area contributed by atoms with E-state index < -0.39 is 6.10 Å². The number of aliphatic hydroxyl groups is 1. The van der Waals surface area contributed by atoms with E-state index in [0.29, 0.717) is 37.9 Å². The fraction of sp³-hybridized carbons (Fsp3) is 0.632. The van der Waals surface area contributed by atoms with Crippen molar-refractivity contribution in [1.82, 2.24) is 10.2 Å². The van der Waals surface area contributed by atoms with Crippen molar-refractivity contribution < 1.29 is 19.4 Å². The fourth-order valence-corrected chi connectivity index (χ4v) is 4.07. The second-order valence-electron chi connectivity index (χ2n) is 7.14. The van der Waals surface area contributed by atoms with Crippen LogP contribution in [0.4, 0.5) is 4.79 Å². The van der Waals surface area contributed by atoms with Crippen LogP contribution in [-0.4, -0.2) is 62.1 Å². The van der Waals surface area contributed by atoms with Crippen molar-refractivity contribution in [2.24, 2.45) is 0 Å². The van der Waals surface area contributed by atoms with Crippen molar-refractivity contribution in [3.05, 3.63) is 28.8 Å². The third kappa shape index (κ3) is 4.24. The Bertz CT molecular complexity index is 634. The summed E-state index contributed by atoms with van der Waals surface area (Å²) in [5.41, 5.74) is 0.730. The van der Waals surface area contributed by atoms with Crippen molar-refractivity contribution in [2.45, 2.75) is 37.2 Å². The molecule has 2 aliphatic heterocycles. The van der Waals surface area contributed by atoms with E-state index in [9.17, 15) is 9.90 Å². The van der Waals surface area contributed by atoms with Gasteiger partial charge in [0.25, 0.3) is 0 Å². The molecule has 2 N–H and O–H groups in total. The number of likely N-dealkylation sites (tertiary alicyclic amines) is 1. The lowest BCUT2D eigenvalue weighted by atomic mass is 9.73. The first kappa shape index (κ1) is 19.3. The summed E-state index contributed by atoms with van der Waals surface area (Å²) in [6.07, 6.45) is 2.72. The molecular weight excluding hydrogens is 356 g/mol. The maximum absolute atomic E-state index is 12.6. The van der Waals surface area contributed by atoms with Gasteiger partial charge in [-0.05, 0) is 43.9 Å². The Morgan fingerprint density at radius 3 is 2.92 bits per heavy atom. The van der Waals surface area contributed by atoms with Gasteiger partial charge in [-0.3, -0.25) is 0 Å². The molecule has 1 aromatic carbocycles. The molecule has 2 saturated heterocycles. The number of carbonyl (C=O) groups excluding carboxylic acids is 1. The Labute approximate surface area is 159 Å². The van der Waals surface area contributed by atoms with Gasteiger partial charge in [-0.25, -0.2) is 4.79 Å². The Balaban J connectivity index is 1.78. The number of ether oxygens (including phenoxy) is 2.